The lowest BCUT2D eigenvalue weighted by Crippen LogP contribution is -2.47. The van der Waals surface area contributed by atoms with Gasteiger partial charge in [-0.15, -0.1) is 11.3 Å². The van der Waals surface area contributed by atoms with Crippen LogP contribution in [0.4, 0.5) is 0 Å². The van der Waals surface area contributed by atoms with Crippen molar-refractivity contribution < 1.29 is 14.3 Å². The number of aromatic nitrogens is 3. The molecular formula is C18H25N5O3S. The third-order valence-corrected chi connectivity index (χ3v) is 5.71. The molecule has 3 rings (SSSR count). The van der Waals surface area contributed by atoms with Crippen molar-refractivity contribution in [3.05, 3.63) is 34.0 Å². The molecule has 146 valence electrons. The van der Waals surface area contributed by atoms with E-state index in [0.717, 1.165) is 29.4 Å². The first-order valence-corrected chi connectivity index (χ1v) is 9.90. The summed E-state index contributed by atoms with van der Waals surface area (Å²) >= 11 is 1.47. The van der Waals surface area contributed by atoms with Crippen LogP contribution in [0.15, 0.2) is 17.8 Å². The van der Waals surface area contributed by atoms with Crippen molar-refractivity contribution in [2.45, 2.75) is 32.4 Å². The predicted molar refractivity (Wildman–Crippen MR) is 102 cm³/mol. The van der Waals surface area contributed by atoms with E-state index in [1.165, 1.54) is 17.7 Å². The lowest BCUT2D eigenvalue weighted by Gasteiger charge is -2.35. The fourth-order valence-electron chi connectivity index (χ4n) is 3.11. The van der Waals surface area contributed by atoms with E-state index in [4.69, 9.17) is 4.74 Å². The molecule has 1 aliphatic rings. The highest BCUT2D eigenvalue weighted by Crippen LogP contribution is 2.20. The zero-order valence-corrected chi connectivity index (χ0v) is 16.5. The first-order chi connectivity index (χ1) is 13.0. The molecule has 8 nitrogen and oxygen atoms in total. The highest BCUT2D eigenvalue weighted by Gasteiger charge is 2.25. The third kappa shape index (κ3) is 5.44. The Kier molecular flexibility index (Phi) is 6.70. The summed E-state index contributed by atoms with van der Waals surface area (Å²) in [5, 5.41) is 8.99. The maximum Gasteiger partial charge on any atom is 0.221 e. The van der Waals surface area contributed by atoms with Crippen LogP contribution in [0.3, 0.4) is 0 Å². The number of thiophene rings is 1. The Morgan fingerprint density at radius 3 is 3.00 bits per heavy atom. The zero-order chi connectivity index (χ0) is 19.2. The molecule has 9 heteroatoms. The predicted octanol–water partition coefficient (Wildman–Crippen LogP) is 1.03. The van der Waals surface area contributed by atoms with Gasteiger partial charge in [0.05, 0.1) is 18.1 Å². The Balaban J connectivity index is 1.49. The Morgan fingerprint density at radius 1 is 1.44 bits per heavy atom. The SMILES string of the molecule is CC(=O)c1cc(CN2CCOC[C@@H]2CC(=O)NCCc2ncnn2C)cs1. The summed E-state index contributed by atoms with van der Waals surface area (Å²) in [5.74, 6) is 0.941. The molecule has 0 saturated carbocycles. The highest BCUT2D eigenvalue weighted by molar-refractivity contribution is 7.12. The number of morpholine rings is 1. The fraction of sp³-hybridized carbons (Fsp3) is 0.556. The van der Waals surface area contributed by atoms with Crippen LogP contribution in [-0.4, -0.2) is 63.7 Å². The minimum absolute atomic E-state index is 0.00686. The van der Waals surface area contributed by atoms with E-state index in [2.05, 4.69) is 20.3 Å². The number of amides is 1. The van der Waals surface area contributed by atoms with Gasteiger partial charge in [0.2, 0.25) is 5.91 Å². The molecule has 0 spiro atoms. The highest BCUT2D eigenvalue weighted by atomic mass is 32.1. The lowest BCUT2D eigenvalue weighted by molar-refractivity contribution is -0.124. The van der Waals surface area contributed by atoms with Crippen molar-refractivity contribution in [1.82, 2.24) is 25.0 Å². The Bertz CT molecular complexity index is 788. The minimum Gasteiger partial charge on any atom is -0.378 e. The van der Waals surface area contributed by atoms with Crippen molar-refractivity contribution in [2.24, 2.45) is 7.05 Å². The molecule has 0 bridgehead atoms. The molecule has 1 N–H and O–H groups in total. The maximum absolute atomic E-state index is 12.3. The molecule has 0 aromatic carbocycles. The number of nitrogens with one attached hydrogen (secondary N) is 1. The van der Waals surface area contributed by atoms with Crippen LogP contribution in [0.2, 0.25) is 0 Å². The van der Waals surface area contributed by atoms with E-state index < -0.39 is 0 Å². The van der Waals surface area contributed by atoms with Gasteiger partial charge in [-0.2, -0.15) is 5.10 Å². The molecule has 3 heterocycles. The molecule has 1 amide bonds. The van der Waals surface area contributed by atoms with Gasteiger partial charge in [-0.1, -0.05) is 0 Å². The van der Waals surface area contributed by atoms with Gasteiger partial charge >= 0.3 is 0 Å². The number of carbonyl (C=O) groups is 2. The van der Waals surface area contributed by atoms with E-state index in [-0.39, 0.29) is 17.7 Å². The van der Waals surface area contributed by atoms with Gasteiger partial charge in [-0.05, 0) is 23.9 Å². The number of Topliss-reactive ketones (excluding diaryl/α,β-unsaturated/α-hetero) is 1. The van der Waals surface area contributed by atoms with Gasteiger partial charge in [0.1, 0.15) is 12.2 Å². The minimum atomic E-state index is 0.00686. The molecular weight excluding hydrogens is 366 g/mol. The second-order valence-electron chi connectivity index (χ2n) is 6.68. The summed E-state index contributed by atoms with van der Waals surface area (Å²) < 4.78 is 7.29. The molecule has 0 unspecified atom stereocenters. The Hall–Kier alpha value is -2.10. The summed E-state index contributed by atoms with van der Waals surface area (Å²) in [6.45, 7) is 4.82. The number of aryl methyl sites for hydroxylation is 1. The standard InChI is InChI=1S/C18H25N5O3S/c1-13(24)16-7-14(11-27-16)9-23-5-6-26-10-15(23)8-18(25)19-4-3-17-20-12-21-22(17)2/h7,11-12,15H,3-6,8-10H2,1-2H3,(H,19,25)/t15-/m0/s1. The van der Waals surface area contributed by atoms with Gasteiger partial charge in [0.15, 0.2) is 5.78 Å². The first-order valence-electron chi connectivity index (χ1n) is 9.02. The molecule has 1 saturated heterocycles. The van der Waals surface area contributed by atoms with Crippen molar-refractivity contribution in [2.75, 3.05) is 26.3 Å². The second kappa shape index (κ2) is 9.20. The van der Waals surface area contributed by atoms with Gasteiger partial charge in [-0.3, -0.25) is 19.2 Å². The first kappa shape index (κ1) is 19.7. The van der Waals surface area contributed by atoms with Crippen LogP contribution in [-0.2, 0) is 29.5 Å². The number of ether oxygens (including phenoxy) is 1. The molecule has 1 fully saturated rings. The number of ketones is 1. The van der Waals surface area contributed by atoms with Crippen LogP contribution in [0, 0.1) is 0 Å². The number of nitrogens with zero attached hydrogens (tertiary/aromatic N) is 4. The van der Waals surface area contributed by atoms with E-state index in [9.17, 15) is 9.59 Å². The zero-order valence-electron chi connectivity index (χ0n) is 15.7. The van der Waals surface area contributed by atoms with E-state index >= 15 is 0 Å². The van der Waals surface area contributed by atoms with E-state index in [0.29, 0.717) is 32.6 Å². The molecule has 2 aromatic rings. The second-order valence-corrected chi connectivity index (χ2v) is 7.59. The quantitative estimate of drug-likeness (QED) is 0.676. The summed E-state index contributed by atoms with van der Waals surface area (Å²) in [5.41, 5.74) is 1.11. The van der Waals surface area contributed by atoms with Crippen LogP contribution in [0.25, 0.3) is 0 Å². The van der Waals surface area contributed by atoms with Crippen molar-refractivity contribution in [3.63, 3.8) is 0 Å². The molecule has 1 atom stereocenters. The van der Waals surface area contributed by atoms with Crippen LogP contribution in [0.1, 0.15) is 34.4 Å². The fourth-order valence-corrected chi connectivity index (χ4v) is 3.92. The molecule has 2 aromatic heterocycles. The molecule has 1 aliphatic heterocycles. The van der Waals surface area contributed by atoms with Gasteiger partial charge in [0.25, 0.3) is 0 Å². The topological polar surface area (TPSA) is 89.3 Å². The number of hydrogen-bond acceptors (Lipinski definition) is 7. The number of rotatable bonds is 8. The number of hydrogen-bond donors (Lipinski definition) is 1. The summed E-state index contributed by atoms with van der Waals surface area (Å²) in [4.78, 5) is 31.0. The van der Waals surface area contributed by atoms with Gasteiger partial charge in [0, 0.05) is 45.6 Å². The molecule has 0 radical (unpaired) electrons. The summed E-state index contributed by atoms with van der Waals surface area (Å²) in [6, 6.07) is 1.98. The van der Waals surface area contributed by atoms with Crippen molar-refractivity contribution in [3.8, 4) is 0 Å². The largest absolute Gasteiger partial charge is 0.378 e. The smallest absolute Gasteiger partial charge is 0.221 e. The van der Waals surface area contributed by atoms with Crippen LogP contribution in [0.5, 0.6) is 0 Å². The monoisotopic (exact) mass is 391 g/mol. The maximum atomic E-state index is 12.3. The average molecular weight is 391 g/mol. The summed E-state index contributed by atoms with van der Waals surface area (Å²) in [7, 11) is 1.84. The van der Waals surface area contributed by atoms with Crippen LogP contribution < -0.4 is 5.32 Å². The number of carbonyl (C=O) groups excluding carboxylic acids is 2. The normalized spacial score (nSPS) is 17.8. The Morgan fingerprint density at radius 2 is 2.30 bits per heavy atom. The lowest BCUT2D eigenvalue weighted by atomic mass is 10.1. The Labute approximate surface area is 162 Å². The van der Waals surface area contributed by atoms with E-state index in [1.54, 1.807) is 11.6 Å². The van der Waals surface area contributed by atoms with Crippen molar-refractivity contribution in [1.29, 1.82) is 0 Å². The van der Waals surface area contributed by atoms with Crippen molar-refractivity contribution >= 4 is 23.0 Å². The molecule has 0 aliphatic carbocycles. The average Bonchev–Trinajstić information content (AvgIpc) is 3.26. The molecule has 27 heavy (non-hydrogen) atoms. The summed E-state index contributed by atoms with van der Waals surface area (Å²) in [6.07, 6.45) is 2.55. The van der Waals surface area contributed by atoms with Gasteiger partial charge < -0.3 is 10.1 Å². The van der Waals surface area contributed by atoms with Crippen LogP contribution >= 0.6 is 11.3 Å². The van der Waals surface area contributed by atoms with E-state index in [1.807, 2.05) is 18.5 Å². The third-order valence-electron chi connectivity index (χ3n) is 4.63. The van der Waals surface area contributed by atoms with Gasteiger partial charge in [-0.25, -0.2) is 4.98 Å².